The van der Waals surface area contributed by atoms with Gasteiger partial charge in [-0.25, -0.2) is 0 Å². The van der Waals surface area contributed by atoms with Crippen molar-refractivity contribution in [3.8, 4) is 5.75 Å². The Hall–Kier alpha value is -1.76. The van der Waals surface area contributed by atoms with Crippen molar-refractivity contribution in [1.82, 2.24) is 0 Å². The maximum atomic E-state index is 6.01. The van der Waals surface area contributed by atoms with Crippen LogP contribution in [0.2, 0.25) is 0 Å². The number of aryl methyl sites for hydroxylation is 1. The van der Waals surface area contributed by atoms with E-state index in [4.69, 9.17) is 4.74 Å². The fourth-order valence-corrected chi connectivity index (χ4v) is 1.83. The summed E-state index contributed by atoms with van der Waals surface area (Å²) < 4.78 is 6.01. The molecule has 1 heteroatoms. The molecule has 2 rings (SSSR count). The predicted molar refractivity (Wildman–Crippen MR) is 71.4 cm³/mol. The minimum atomic E-state index is 0.0803. The molecule has 0 bridgehead atoms. The van der Waals surface area contributed by atoms with Crippen molar-refractivity contribution < 1.29 is 4.74 Å². The first-order chi connectivity index (χ1) is 8.18. The average Bonchev–Trinajstić information content (AvgIpc) is 2.36. The molecule has 0 saturated carbocycles. The zero-order chi connectivity index (χ0) is 12.3. The average molecular weight is 226 g/mol. The van der Waals surface area contributed by atoms with Crippen LogP contribution in [0.4, 0.5) is 0 Å². The van der Waals surface area contributed by atoms with Gasteiger partial charge >= 0.3 is 0 Å². The minimum Gasteiger partial charge on any atom is -0.486 e. The summed E-state index contributed by atoms with van der Waals surface area (Å²) in [5, 5.41) is 0. The monoisotopic (exact) mass is 226 g/mol. The molecule has 0 saturated heterocycles. The molecule has 0 amide bonds. The summed E-state index contributed by atoms with van der Waals surface area (Å²) in [6.45, 7) is 6.29. The van der Waals surface area contributed by atoms with Gasteiger partial charge in [-0.3, -0.25) is 0 Å². The number of hydrogen-bond donors (Lipinski definition) is 0. The van der Waals surface area contributed by atoms with Crippen molar-refractivity contribution in [1.29, 1.82) is 0 Å². The summed E-state index contributed by atoms with van der Waals surface area (Å²) in [5.41, 5.74) is 3.69. The first-order valence-corrected chi connectivity index (χ1v) is 5.96. The molecule has 0 aliphatic heterocycles. The lowest BCUT2D eigenvalue weighted by Gasteiger charge is -2.17. The van der Waals surface area contributed by atoms with E-state index in [2.05, 4.69) is 39.0 Å². The normalized spacial score (nSPS) is 12.2. The summed E-state index contributed by atoms with van der Waals surface area (Å²) in [5.74, 6) is 0.973. The molecule has 0 aliphatic carbocycles. The van der Waals surface area contributed by atoms with E-state index in [0.717, 1.165) is 5.75 Å². The highest BCUT2D eigenvalue weighted by molar-refractivity contribution is 5.38. The lowest BCUT2D eigenvalue weighted by molar-refractivity contribution is 0.225. The summed E-state index contributed by atoms with van der Waals surface area (Å²) >= 11 is 0. The molecular weight excluding hydrogens is 208 g/mol. The molecule has 1 atom stereocenters. The molecule has 1 nitrogen and oxygen atoms in total. The van der Waals surface area contributed by atoms with Crippen LogP contribution in [0.3, 0.4) is 0 Å². The molecule has 0 heterocycles. The van der Waals surface area contributed by atoms with Crippen molar-refractivity contribution >= 4 is 0 Å². The van der Waals surface area contributed by atoms with Crippen LogP contribution in [0.15, 0.2) is 48.5 Å². The molecule has 88 valence electrons. The second kappa shape index (κ2) is 5.05. The first kappa shape index (κ1) is 11.7. The molecule has 0 aliphatic rings. The zero-order valence-corrected chi connectivity index (χ0v) is 10.6. The Balaban J connectivity index is 2.19. The zero-order valence-electron chi connectivity index (χ0n) is 10.6. The Morgan fingerprint density at radius 2 is 1.59 bits per heavy atom. The summed E-state index contributed by atoms with van der Waals surface area (Å²) in [7, 11) is 0. The lowest BCUT2D eigenvalue weighted by Crippen LogP contribution is -2.04. The topological polar surface area (TPSA) is 9.23 Å². The fraction of sp³-hybridized carbons (Fsp3) is 0.250. The fourth-order valence-electron chi connectivity index (χ4n) is 1.83. The van der Waals surface area contributed by atoms with Gasteiger partial charge in [-0.2, -0.15) is 0 Å². The van der Waals surface area contributed by atoms with Gasteiger partial charge in [-0.15, -0.1) is 0 Å². The van der Waals surface area contributed by atoms with Crippen molar-refractivity contribution in [3.63, 3.8) is 0 Å². The van der Waals surface area contributed by atoms with Crippen LogP contribution in [0.5, 0.6) is 5.75 Å². The number of hydrogen-bond acceptors (Lipinski definition) is 1. The quantitative estimate of drug-likeness (QED) is 0.751. The van der Waals surface area contributed by atoms with E-state index in [-0.39, 0.29) is 6.10 Å². The first-order valence-electron chi connectivity index (χ1n) is 5.96. The SMILES string of the molecule is Cc1cccc(OC(C)c2ccccc2)c1C. The Bertz CT molecular complexity index is 488. The smallest absolute Gasteiger partial charge is 0.123 e. The molecule has 1 unspecified atom stereocenters. The van der Waals surface area contributed by atoms with Crippen LogP contribution in [0.25, 0.3) is 0 Å². The Labute approximate surface area is 103 Å². The Kier molecular flexibility index (Phi) is 3.48. The van der Waals surface area contributed by atoms with E-state index in [1.54, 1.807) is 0 Å². The Morgan fingerprint density at radius 3 is 2.29 bits per heavy atom. The molecule has 2 aromatic rings. The molecular formula is C16H18O. The van der Waals surface area contributed by atoms with Crippen LogP contribution in [-0.4, -0.2) is 0 Å². The number of rotatable bonds is 3. The van der Waals surface area contributed by atoms with E-state index < -0.39 is 0 Å². The minimum absolute atomic E-state index is 0.0803. The highest BCUT2D eigenvalue weighted by Gasteiger charge is 2.08. The van der Waals surface area contributed by atoms with E-state index in [1.807, 2.05) is 30.3 Å². The van der Waals surface area contributed by atoms with E-state index in [1.165, 1.54) is 16.7 Å². The van der Waals surface area contributed by atoms with Crippen molar-refractivity contribution in [2.24, 2.45) is 0 Å². The third-order valence-electron chi connectivity index (χ3n) is 3.13. The van der Waals surface area contributed by atoms with Gasteiger partial charge in [0.2, 0.25) is 0 Å². The molecule has 2 aromatic carbocycles. The van der Waals surface area contributed by atoms with Crippen molar-refractivity contribution in [3.05, 3.63) is 65.2 Å². The van der Waals surface area contributed by atoms with Gasteiger partial charge in [0.1, 0.15) is 11.9 Å². The van der Waals surface area contributed by atoms with E-state index in [0.29, 0.717) is 0 Å². The highest BCUT2D eigenvalue weighted by Crippen LogP contribution is 2.26. The molecule has 0 N–H and O–H groups in total. The number of benzene rings is 2. The van der Waals surface area contributed by atoms with Crippen molar-refractivity contribution in [2.75, 3.05) is 0 Å². The van der Waals surface area contributed by atoms with Gasteiger partial charge in [-0.1, -0.05) is 42.5 Å². The summed E-state index contributed by atoms with van der Waals surface area (Å²) in [6.07, 6.45) is 0.0803. The maximum absolute atomic E-state index is 6.01. The lowest BCUT2D eigenvalue weighted by atomic mass is 10.1. The second-order valence-electron chi connectivity index (χ2n) is 4.37. The van der Waals surface area contributed by atoms with E-state index in [9.17, 15) is 0 Å². The van der Waals surface area contributed by atoms with Gasteiger partial charge < -0.3 is 4.74 Å². The maximum Gasteiger partial charge on any atom is 0.123 e. The van der Waals surface area contributed by atoms with Crippen LogP contribution in [0, 0.1) is 13.8 Å². The highest BCUT2D eigenvalue weighted by atomic mass is 16.5. The third-order valence-corrected chi connectivity index (χ3v) is 3.13. The predicted octanol–water partition coefficient (Wildman–Crippen LogP) is 4.44. The van der Waals surface area contributed by atoms with Gasteiger partial charge in [0.15, 0.2) is 0 Å². The largest absolute Gasteiger partial charge is 0.486 e. The van der Waals surface area contributed by atoms with Crippen LogP contribution in [-0.2, 0) is 0 Å². The molecule has 0 fully saturated rings. The molecule has 17 heavy (non-hydrogen) atoms. The second-order valence-corrected chi connectivity index (χ2v) is 4.37. The number of ether oxygens (including phenoxy) is 1. The summed E-state index contributed by atoms with van der Waals surface area (Å²) in [6, 6.07) is 16.5. The van der Waals surface area contributed by atoms with Gasteiger partial charge in [0.05, 0.1) is 0 Å². The molecule has 0 aromatic heterocycles. The van der Waals surface area contributed by atoms with Crippen molar-refractivity contribution in [2.45, 2.75) is 26.9 Å². The van der Waals surface area contributed by atoms with Gasteiger partial charge in [-0.05, 0) is 43.5 Å². The van der Waals surface area contributed by atoms with Gasteiger partial charge in [0.25, 0.3) is 0 Å². The van der Waals surface area contributed by atoms with Crippen LogP contribution >= 0.6 is 0 Å². The Morgan fingerprint density at radius 1 is 0.882 bits per heavy atom. The molecule has 0 radical (unpaired) electrons. The third kappa shape index (κ3) is 2.68. The van der Waals surface area contributed by atoms with E-state index >= 15 is 0 Å². The molecule has 0 spiro atoms. The van der Waals surface area contributed by atoms with Crippen LogP contribution < -0.4 is 4.74 Å². The van der Waals surface area contributed by atoms with Gasteiger partial charge in [0, 0.05) is 0 Å². The summed E-state index contributed by atoms with van der Waals surface area (Å²) in [4.78, 5) is 0. The van der Waals surface area contributed by atoms with Crippen LogP contribution in [0.1, 0.15) is 29.7 Å². The standard InChI is InChI=1S/C16H18O/c1-12-8-7-11-16(13(12)2)17-14(3)15-9-5-4-6-10-15/h4-11,14H,1-3H3.